The number of carbonyl (C=O) groups excluding carboxylic acids is 1. The molecule has 2 aliphatic rings. The van der Waals surface area contributed by atoms with E-state index >= 15 is 0 Å². The van der Waals surface area contributed by atoms with E-state index in [-0.39, 0.29) is 12.1 Å². The van der Waals surface area contributed by atoms with E-state index in [4.69, 9.17) is 9.47 Å². The number of ether oxygens (including phenoxy) is 2. The zero-order chi connectivity index (χ0) is 12.8. The van der Waals surface area contributed by atoms with Crippen molar-refractivity contribution in [1.82, 2.24) is 10.6 Å². The fourth-order valence-corrected chi connectivity index (χ4v) is 2.26. The summed E-state index contributed by atoms with van der Waals surface area (Å²) in [6.07, 6.45) is 8.13. The summed E-state index contributed by atoms with van der Waals surface area (Å²) in [6, 6.07) is 0.0569. The molecule has 1 aliphatic carbocycles. The lowest BCUT2D eigenvalue weighted by Crippen LogP contribution is -2.43. The largest absolute Gasteiger partial charge is 0.348 e. The van der Waals surface area contributed by atoms with Gasteiger partial charge in [-0.25, -0.2) is 4.79 Å². The van der Waals surface area contributed by atoms with Gasteiger partial charge in [-0.1, -0.05) is 12.2 Å². The molecule has 1 saturated heterocycles. The number of nitrogens with one attached hydrogen (secondary N) is 2. The van der Waals surface area contributed by atoms with Crippen LogP contribution in [0.3, 0.4) is 0 Å². The first-order valence-corrected chi connectivity index (χ1v) is 6.67. The van der Waals surface area contributed by atoms with E-state index in [0.717, 1.165) is 19.3 Å². The van der Waals surface area contributed by atoms with Gasteiger partial charge in [-0.2, -0.15) is 0 Å². The first-order valence-electron chi connectivity index (χ1n) is 6.67. The molecule has 0 radical (unpaired) electrons. The van der Waals surface area contributed by atoms with E-state index in [1.54, 1.807) is 0 Å². The third-order valence-corrected chi connectivity index (χ3v) is 3.33. The van der Waals surface area contributed by atoms with Gasteiger partial charge in [0.05, 0.1) is 13.2 Å². The normalized spacial score (nSPS) is 25.9. The number of rotatable bonds is 4. The summed E-state index contributed by atoms with van der Waals surface area (Å²) in [5.74, 6) is -0.530. The second-order valence-electron chi connectivity index (χ2n) is 4.95. The highest BCUT2D eigenvalue weighted by atomic mass is 16.7. The summed E-state index contributed by atoms with van der Waals surface area (Å²) in [5, 5.41) is 5.78. The van der Waals surface area contributed by atoms with Crippen molar-refractivity contribution in [3.63, 3.8) is 0 Å². The number of carbonyl (C=O) groups is 1. The van der Waals surface area contributed by atoms with Crippen molar-refractivity contribution < 1.29 is 14.3 Å². The van der Waals surface area contributed by atoms with E-state index in [0.29, 0.717) is 26.2 Å². The average molecular weight is 254 g/mol. The smallest absolute Gasteiger partial charge is 0.315 e. The van der Waals surface area contributed by atoms with Crippen molar-refractivity contribution in [2.24, 2.45) is 0 Å². The third-order valence-electron chi connectivity index (χ3n) is 3.33. The van der Waals surface area contributed by atoms with Crippen LogP contribution in [0.4, 0.5) is 4.79 Å². The zero-order valence-electron chi connectivity index (χ0n) is 10.9. The second-order valence-corrected chi connectivity index (χ2v) is 4.95. The van der Waals surface area contributed by atoms with Crippen LogP contribution >= 0.6 is 0 Å². The van der Waals surface area contributed by atoms with Gasteiger partial charge in [-0.15, -0.1) is 0 Å². The Morgan fingerprint density at radius 3 is 2.89 bits per heavy atom. The number of allylic oxidation sites excluding steroid dienone is 1. The van der Waals surface area contributed by atoms with Crippen molar-refractivity contribution in [3.05, 3.63) is 12.2 Å². The van der Waals surface area contributed by atoms with Crippen LogP contribution in [-0.2, 0) is 9.47 Å². The predicted octanol–water partition coefficient (Wildman–Crippen LogP) is 1.55. The molecule has 1 heterocycles. The summed E-state index contributed by atoms with van der Waals surface area (Å²) in [5.41, 5.74) is 0. The molecule has 5 nitrogen and oxygen atoms in total. The van der Waals surface area contributed by atoms with Gasteiger partial charge in [0.25, 0.3) is 0 Å². The first-order chi connectivity index (χ1) is 8.68. The number of hydrogen-bond acceptors (Lipinski definition) is 3. The number of amides is 2. The lowest BCUT2D eigenvalue weighted by molar-refractivity contribution is -0.145. The van der Waals surface area contributed by atoms with Crippen LogP contribution in [0.2, 0.25) is 0 Å². The number of urea groups is 1. The Hall–Kier alpha value is -1.07. The molecule has 2 N–H and O–H groups in total. The molecule has 18 heavy (non-hydrogen) atoms. The maximum absolute atomic E-state index is 11.7. The standard InChI is InChI=1S/C13H22N2O3/c1-13(17-9-10-18-13)7-8-14-12(16)15-11-5-3-2-4-6-11/h3,5,11H,2,4,6-10H2,1H3,(H2,14,15,16)/t11-/m0/s1. The fraction of sp³-hybridized carbons (Fsp3) is 0.769. The monoisotopic (exact) mass is 254 g/mol. The Bertz CT molecular complexity index is 311. The van der Waals surface area contributed by atoms with Crippen LogP contribution in [-0.4, -0.2) is 37.6 Å². The molecule has 2 amide bonds. The molecule has 0 spiro atoms. The summed E-state index contributed by atoms with van der Waals surface area (Å²) in [6.45, 7) is 3.73. The van der Waals surface area contributed by atoms with E-state index in [1.165, 1.54) is 0 Å². The van der Waals surface area contributed by atoms with Gasteiger partial charge >= 0.3 is 6.03 Å². The molecule has 0 unspecified atom stereocenters. The van der Waals surface area contributed by atoms with Crippen molar-refractivity contribution >= 4 is 6.03 Å². The molecule has 0 aromatic heterocycles. The zero-order valence-corrected chi connectivity index (χ0v) is 10.9. The van der Waals surface area contributed by atoms with Crippen molar-refractivity contribution in [3.8, 4) is 0 Å². The van der Waals surface area contributed by atoms with Crippen LogP contribution in [0, 0.1) is 0 Å². The highest BCUT2D eigenvalue weighted by Gasteiger charge is 2.30. The van der Waals surface area contributed by atoms with Gasteiger partial charge in [0.2, 0.25) is 0 Å². The second kappa shape index (κ2) is 6.20. The number of hydrogen-bond donors (Lipinski definition) is 2. The lowest BCUT2D eigenvalue weighted by atomic mass is 10.0. The van der Waals surface area contributed by atoms with Crippen LogP contribution in [0.1, 0.15) is 32.6 Å². The van der Waals surface area contributed by atoms with Crippen LogP contribution < -0.4 is 10.6 Å². The maximum Gasteiger partial charge on any atom is 0.315 e. The quantitative estimate of drug-likeness (QED) is 0.748. The Morgan fingerprint density at radius 2 is 2.22 bits per heavy atom. The Labute approximate surface area is 108 Å². The maximum atomic E-state index is 11.7. The van der Waals surface area contributed by atoms with E-state index < -0.39 is 5.79 Å². The van der Waals surface area contributed by atoms with Crippen molar-refractivity contribution in [1.29, 1.82) is 0 Å². The summed E-state index contributed by atoms with van der Waals surface area (Å²) < 4.78 is 10.9. The molecular weight excluding hydrogens is 232 g/mol. The molecule has 1 aliphatic heterocycles. The predicted molar refractivity (Wildman–Crippen MR) is 68.2 cm³/mol. The van der Waals surface area contributed by atoms with E-state index in [9.17, 15) is 4.79 Å². The summed E-state index contributed by atoms with van der Waals surface area (Å²) in [4.78, 5) is 11.7. The van der Waals surface area contributed by atoms with E-state index in [2.05, 4.69) is 22.8 Å². The van der Waals surface area contributed by atoms with Crippen LogP contribution in [0.25, 0.3) is 0 Å². The van der Waals surface area contributed by atoms with Gasteiger partial charge in [0.1, 0.15) is 0 Å². The fourth-order valence-electron chi connectivity index (χ4n) is 2.26. The average Bonchev–Trinajstić information content (AvgIpc) is 2.77. The topological polar surface area (TPSA) is 59.6 Å². The SMILES string of the molecule is CC1(CCNC(=O)N[C@H]2C=CCCC2)OCCO1. The van der Waals surface area contributed by atoms with Crippen molar-refractivity contribution in [2.75, 3.05) is 19.8 Å². The molecule has 1 fully saturated rings. The Balaban J connectivity index is 1.62. The first kappa shape index (κ1) is 13.4. The molecule has 2 rings (SSSR count). The highest BCUT2D eigenvalue weighted by Crippen LogP contribution is 2.21. The molecule has 0 saturated carbocycles. The van der Waals surface area contributed by atoms with Crippen LogP contribution in [0.5, 0.6) is 0 Å². The minimum Gasteiger partial charge on any atom is -0.348 e. The Morgan fingerprint density at radius 1 is 1.44 bits per heavy atom. The van der Waals surface area contributed by atoms with Gasteiger partial charge in [0.15, 0.2) is 5.79 Å². The van der Waals surface area contributed by atoms with Crippen molar-refractivity contribution in [2.45, 2.75) is 44.4 Å². The van der Waals surface area contributed by atoms with Crippen LogP contribution in [0.15, 0.2) is 12.2 Å². The van der Waals surface area contributed by atoms with Gasteiger partial charge in [0, 0.05) is 19.0 Å². The van der Waals surface area contributed by atoms with E-state index in [1.807, 2.05) is 6.92 Å². The molecule has 0 bridgehead atoms. The summed E-state index contributed by atoms with van der Waals surface area (Å²) in [7, 11) is 0. The molecule has 0 aromatic rings. The summed E-state index contributed by atoms with van der Waals surface area (Å²) >= 11 is 0. The lowest BCUT2D eigenvalue weighted by Gasteiger charge is -2.23. The molecule has 102 valence electrons. The molecule has 5 heteroatoms. The Kier molecular flexibility index (Phi) is 4.60. The highest BCUT2D eigenvalue weighted by molar-refractivity contribution is 5.74. The molecule has 0 aromatic carbocycles. The molecular formula is C13H22N2O3. The van der Waals surface area contributed by atoms with Gasteiger partial charge < -0.3 is 20.1 Å². The third kappa shape index (κ3) is 3.99. The van der Waals surface area contributed by atoms with Gasteiger partial charge in [-0.3, -0.25) is 0 Å². The minimum atomic E-state index is -0.530. The molecule has 1 atom stereocenters. The minimum absolute atomic E-state index is 0.117. The van der Waals surface area contributed by atoms with Gasteiger partial charge in [-0.05, 0) is 26.2 Å².